The Labute approximate surface area is 224 Å². The number of methoxy groups -OCH3 is 1. The van der Waals surface area contributed by atoms with Gasteiger partial charge in [0.1, 0.15) is 5.75 Å². The zero-order chi connectivity index (χ0) is 26.9. The first-order chi connectivity index (χ1) is 18.3. The fourth-order valence-corrected chi connectivity index (χ4v) is 7.10. The molecule has 5 atom stereocenters. The number of nitrogens with two attached hydrogens (primary N) is 1. The molecule has 0 spiro atoms. The van der Waals surface area contributed by atoms with Crippen LogP contribution in [-0.4, -0.2) is 57.8 Å². The summed E-state index contributed by atoms with van der Waals surface area (Å²) in [6.45, 7) is 1.95. The Balaban J connectivity index is 1.55. The molecule has 3 saturated heterocycles. The third kappa shape index (κ3) is 5.21. The normalized spacial score (nSPS) is 24.9. The first-order valence-electron chi connectivity index (χ1n) is 13.0. The molecule has 0 radical (unpaired) electrons. The molecule has 7 nitrogen and oxygen atoms in total. The van der Waals surface area contributed by atoms with Gasteiger partial charge in [0.25, 0.3) is 0 Å². The number of hydrogen-bond acceptors (Lipinski definition) is 6. The van der Waals surface area contributed by atoms with Gasteiger partial charge in [0.05, 0.1) is 17.9 Å². The maximum atomic E-state index is 12.5. The number of ether oxygens (including phenoxy) is 1. The van der Waals surface area contributed by atoms with E-state index in [0.29, 0.717) is 18.8 Å². The van der Waals surface area contributed by atoms with E-state index in [2.05, 4.69) is 58.7 Å². The summed E-state index contributed by atoms with van der Waals surface area (Å²) >= 11 is 0. The highest BCUT2D eigenvalue weighted by Gasteiger charge is 2.51. The second kappa shape index (κ2) is 10.9. The van der Waals surface area contributed by atoms with E-state index in [1.807, 2.05) is 12.1 Å². The van der Waals surface area contributed by atoms with Crippen molar-refractivity contribution < 1.29 is 17.9 Å². The topological polar surface area (TPSA) is 102 Å². The molecule has 3 aromatic rings. The van der Waals surface area contributed by atoms with E-state index in [9.17, 15) is 13.2 Å². The van der Waals surface area contributed by atoms with Crippen LogP contribution in [0.5, 0.6) is 5.75 Å². The third-order valence-corrected chi connectivity index (χ3v) is 9.29. The molecule has 3 aromatic carbocycles. The monoisotopic (exact) mass is 533 g/mol. The predicted molar refractivity (Wildman–Crippen MR) is 148 cm³/mol. The van der Waals surface area contributed by atoms with Crippen LogP contribution in [0.15, 0.2) is 83.8 Å². The third-order valence-electron chi connectivity index (χ3n) is 8.18. The molecule has 5 unspecified atom stereocenters. The Morgan fingerprint density at radius 3 is 2.24 bits per heavy atom. The second-order valence-electron chi connectivity index (χ2n) is 10.4. The van der Waals surface area contributed by atoms with Gasteiger partial charge < -0.3 is 15.8 Å². The van der Waals surface area contributed by atoms with Gasteiger partial charge in [0, 0.05) is 42.9 Å². The van der Waals surface area contributed by atoms with Gasteiger partial charge in [0.2, 0.25) is 5.91 Å². The zero-order valence-electron chi connectivity index (χ0n) is 21.8. The molecule has 200 valence electrons. The number of rotatable bonds is 9. The highest BCUT2D eigenvalue weighted by molar-refractivity contribution is 7.90. The summed E-state index contributed by atoms with van der Waals surface area (Å²) < 4.78 is 30.1. The van der Waals surface area contributed by atoms with Gasteiger partial charge in [-0.2, -0.15) is 0 Å². The number of carbonyl (C=O) groups is 1. The minimum atomic E-state index is -3.37. The summed E-state index contributed by atoms with van der Waals surface area (Å²) in [5.74, 6) is 0.264. The van der Waals surface area contributed by atoms with Crippen molar-refractivity contribution in [2.24, 2.45) is 17.6 Å². The number of nitrogens with one attached hydrogen (secondary N) is 1. The fraction of sp³-hybridized carbons (Fsp3) is 0.367. The average Bonchev–Trinajstić information content (AvgIpc) is 2.93. The smallest absolute Gasteiger partial charge is 0.222 e. The maximum absolute atomic E-state index is 12.5. The Kier molecular flexibility index (Phi) is 7.56. The quantitative estimate of drug-likeness (QED) is 0.438. The molecule has 8 heteroatoms. The Morgan fingerprint density at radius 2 is 1.68 bits per heavy atom. The zero-order valence-corrected chi connectivity index (χ0v) is 22.6. The summed E-state index contributed by atoms with van der Waals surface area (Å²) in [4.78, 5) is 15.2. The molecule has 0 aliphatic carbocycles. The first-order valence-corrected chi connectivity index (χ1v) is 14.9. The highest BCUT2D eigenvalue weighted by Crippen LogP contribution is 2.44. The van der Waals surface area contributed by atoms with Crippen molar-refractivity contribution in [1.29, 1.82) is 0 Å². The van der Waals surface area contributed by atoms with Crippen LogP contribution in [0.1, 0.15) is 29.0 Å². The number of hydrogen-bond donors (Lipinski definition) is 2. The Hall–Kier alpha value is -3.20. The Bertz CT molecular complexity index is 1340. The van der Waals surface area contributed by atoms with E-state index >= 15 is 0 Å². The van der Waals surface area contributed by atoms with Crippen molar-refractivity contribution >= 4 is 15.7 Å². The van der Waals surface area contributed by atoms with Crippen LogP contribution >= 0.6 is 0 Å². The molecule has 38 heavy (non-hydrogen) atoms. The number of amides is 1. The Morgan fingerprint density at radius 1 is 1.05 bits per heavy atom. The van der Waals surface area contributed by atoms with Gasteiger partial charge in [0.15, 0.2) is 9.84 Å². The number of fused-ring (bicyclic) bond motifs is 3. The first kappa shape index (κ1) is 26.4. The van der Waals surface area contributed by atoms with Crippen molar-refractivity contribution in [3.63, 3.8) is 0 Å². The molecule has 3 aliphatic rings. The molecule has 2 bridgehead atoms. The molecule has 3 heterocycles. The van der Waals surface area contributed by atoms with E-state index in [0.717, 1.165) is 18.5 Å². The van der Waals surface area contributed by atoms with Crippen LogP contribution in [0, 0.1) is 11.8 Å². The van der Waals surface area contributed by atoms with Crippen molar-refractivity contribution in [2.75, 3.05) is 26.5 Å². The molecule has 0 saturated carbocycles. The average molecular weight is 534 g/mol. The lowest BCUT2D eigenvalue weighted by Gasteiger charge is -2.56. The lowest BCUT2D eigenvalue weighted by atomic mass is 9.66. The van der Waals surface area contributed by atoms with E-state index in [-0.39, 0.29) is 40.6 Å². The molecule has 0 aromatic heterocycles. The molecular weight excluding hydrogens is 498 g/mol. The van der Waals surface area contributed by atoms with E-state index in [1.165, 1.54) is 17.4 Å². The summed E-state index contributed by atoms with van der Waals surface area (Å²) in [7, 11) is -1.79. The molecule has 3 fully saturated rings. The molecule has 3 aliphatic heterocycles. The van der Waals surface area contributed by atoms with Crippen LogP contribution < -0.4 is 15.8 Å². The van der Waals surface area contributed by atoms with Gasteiger partial charge >= 0.3 is 0 Å². The SMILES string of the molecule is COc1ccc(S(C)(=O)=O)cc1CNC1C2CCN(CC2C(N)=O)C1C(c1ccccc1)c1ccccc1. The van der Waals surface area contributed by atoms with E-state index in [1.54, 1.807) is 25.3 Å². The van der Waals surface area contributed by atoms with Crippen LogP contribution in [0.25, 0.3) is 0 Å². The standard InChI is InChI=1S/C30H35N3O4S/c1-37-26-14-13-23(38(2,35)36)17-22(26)18-32-28-24-15-16-33(19-25(24)30(31)34)29(28)27(20-9-5-3-6-10-20)21-11-7-4-8-12-21/h3-14,17,24-25,27-29,32H,15-16,18-19H2,1-2H3,(H2,31,34). The van der Waals surface area contributed by atoms with E-state index in [4.69, 9.17) is 10.5 Å². The number of nitrogens with zero attached hydrogens (tertiary/aromatic N) is 1. The largest absolute Gasteiger partial charge is 0.496 e. The van der Waals surface area contributed by atoms with E-state index < -0.39 is 9.84 Å². The lowest BCUT2D eigenvalue weighted by Crippen LogP contribution is -2.68. The number of sulfone groups is 1. The van der Waals surface area contributed by atoms with Gasteiger partial charge in [-0.05, 0) is 48.2 Å². The van der Waals surface area contributed by atoms with Gasteiger partial charge in [-0.15, -0.1) is 0 Å². The van der Waals surface area contributed by atoms with Crippen LogP contribution in [0.2, 0.25) is 0 Å². The summed E-state index contributed by atoms with van der Waals surface area (Å²) in [5, 5.41) is 3.75. The summed E-state index contributed by atoms with van der Waals surface area (Å²) in [5.41, 5.74) is 9.10. The van der Waals surface area contributed by atoms with Gasteiger partial charge in [-0.1, -0.05) is 60.7 Å². The fourth-order valence-electron chi connectivity index (χ4n) is 6.43. The van der Waals surface area contributed by atoms with Crippen molar-refractivity contribution in [3.05, 3.63) is 95.6 Å². The second-order valence-corrected chi connectivity index (χ2v) is 12.4. The van der Waals surface area contributed by atoms with Gasteiger partial charge in [-0.3, -0.25) is 9.69 Å². The van der Waals surface area contributed by atoms with Crippen molar-refractivity contribution in [2.45, 2.75) is 35.9 Å². The van der Waals surface area contributed by atoms with Crippen LogP contribution in [-0.2, 0) is 21.2 Å². The maximum Gasteiger partial charge on any atom is 0.222 e. The molecular formula is C30H35N3O4S. The predicted octanol–water partition coefficient (Wildman–Crippen LogP) is 3.19. The van der Waals surface area contributed by atoms with Crippen molar-refractivity contribution in [3.8, 4) is 5.75 Å². The highest BCUT2D eigenvalue weighted by atomic mass is 32.2. The van der Waals surface area contributed by atoms with Crippen molar-refractivity contribution in [1.82, 2.24) is 10.2 Å². The summed E-state index contributed by atoms with van der Waals surface area (Å²) in [6, 6.07) is 26.0. The number of benzene rings is 3. The minimum absolute atomic E-state index is 0.0491. The van der Waals surface area contributed by atoms with Crippen LogP contribution in [0.3, 0.4) is 0 Å². The number of piperidine rings is 3. The minimum Gasteiger partial charge on any atom is -0.496 e. The summed E-state index contributed by atoms with van der Waals surface area (Å²) in [6.07, 6.45) is 2.08. The molecule has 6 rings (SSSR count). The van der Waals surface area contributed by atoms with Crippen LogP contribution in [0.4, 0.5) is 0 Å². The molecule has 3 N–H and O–H groups in total. The lowest BCUT2D eigenvalue weighted by molar-refractivity contribution is -0.132. The number of carbonyl (C=O) groups excluding carboxylic acids is 1. The number of primary amides is 1. The molecule has 1 amide bonds. The van der Waals surface area contributed by atoms with Gasteiger partial charge in [-0.25, -0.2) is 8.42 Å².